The Kier molecular flexibility index (Phi) is 3.68. The molecule has 1 unspecified atom stereocenters. The summed E-state index contributed by atoms with van der Waals surface area (Å²) in [5.41, 5.74) is 0. The molecule has 0 aliphatic carbocycles. The molecule has 0 heterocycles. The minimum atomic E-state index is -1.69. The third-order valence-electron chi connectivity index (χ3n) is 0.828. The molecular weight excluding hydrogens is 136 g/mol. The van der Waals surface area contributed by atoms with E-state index in [0.717, 1.165) is 6.08 Å². The highest BCUT2D eigenvalue weighted by molar-refractivity contribution is 5.66. The molecule has 58 valence electrons. The van der Waals surface area contributed by atoms with Gasteiger partial charge in [-0.2, -0.15) is 0 Å². The molecule has 0 amide bonds. The SMILES string of the molecule is C=CC(OC(C)=O)C(O)O. The Bertz CT molecular complexity index is 130. The number of carbonyl (C=O) groups excluding carboxylic acids is 1. The van der Waals surface area contributed by atoms with Crippen molar-refractivity contribution in [1.29, 1.82) is 0 Å². The molecule has 4 nitrogen and oxygen atoms in total. The minimum absolute atomic E-state index is 0.571. The molecule has 2 N–H and O–H groups in total. The molecule has 0 radical (unpaired) electrons. The summed E-state index contributed by atoms with van der Waals surface area (Å²) in [6.45, 7) is 4.42. The van der Waals surface area contributed by atoms with Gasteiger partial charge in [-0.1, -0.05) is 6.58 Å². The van der Waals surface area contributed by atoms with Crippen molar-refractivity contribution in [1.82, 2.24) is 0 Å². The summed E-state index contributed by atoms with van der Waals surface area (Å²) in [5, 5.41) is 16.9. The zero-order valence-corrected chi connectivity index (χ0v) is 5.65. The van der Waals surface area contributed by atoms with Crippen LogP contribution in [0.5, 0.6) is 0 Å². The molecule has 0 aliphatic heterocycles. The van der Waals surface area contributed by atoms with Crippen molar-refractivity contribution in [2.24, 2.45) is 0 Å². The van der Waals surface area contributed by atoms with Crippen LogP contribution in [0, 0.1) is 0 Å². The molecule has 0 aromatic rings. The normalized spacial score (nSPS) is 12.8. The second-order valence-corrected chi connectivity index (χ2v) is 1.72. The van der Waals surface area contributed by atoms with Crippen LogP contribution in [-0.4, -0.2) is 28.6 Å². The van der Waals surface area contributed by atoms with Crippen molar-refractivity contribution < 1.29 is 19.7 Å². The van der Waals surface area contributed by atoms with Crippen molar-refractivity contribution in [2.75, 3.05) is 0 Å². The summed E-state index contributed by atoms with van der Waals surface area (Å²) in [6, 6.07) is 0. The van der Waals surface area contributed by atoms with Gasteiger partial charge in [0.15, 0.2) is 12.4 Å². The summed E-state index contributed by atoms with van der Waals surface area (Å²) in [5.74, 6) is -0.571. The van der Waals surface area contributed by atoms with Gasteiger partial charge in [-0.25, -0.2) is 0 Å². The standard InChI is InChI=1S/C6H10O4/c1-3-5(6(8)9)10-4(2)7/h3,5-6,8-9H,1H2,2H3. The van der Waals surface area contributed by atoms with Gasteiger partial charge < -0.3 is 14.9 Å². The molecule has 0 aromatic heterocycles. The maximum atomic E-state index is 10.2. The van der Waals surface area contributed by atoms with Crippen molar-refractivity contribution in [3.8, 4) is 0 Å². The molecule has 0 aromatic carbocycles. The lowest BCUT2D eigenvalue weighted by Gasteiger charge is -2.13. The van der Waals surface area contributed by atoms with Crippen LogP contribution in [0.4, 0.5) is 0 Å². The summed E-state index contributed by atoms with van der Waals surface area (Å²) in [7, 11) is 0. The third kappa shape index (κ3) is 3.21. The van der Waals surface area contributed by atoms with Crippen LogP contribution in [0.3, 0.4) is 0 Å². The molecule has 0 bridgehead atoms. The molecule has 0 fully saturated rings. The number of aliphatic hydroxyl groups is 2. The fourth-order valence-corrected chi connectivity index (χ4v) is 0.422. The predicted molar refractivity (Wildman–Crippen MR) is 34.0 cm³/mol. The Hall–Kier alpha value is -0.870. The van der Waals surface area contributed by atoms with Gasteiger partial charge >= 0.3 is 5.97 Å². The second-order valence-electron chi connectivity index (χ2n) is 1.72. The van der Waals surface area contributed by atoms with Gasteiger partial charge in [0.25, 0.3) is 0 Å². The average molecular weight is 146 g/mol. The van der Waals surface area contributed by atoms with Gasteiger partial charge in [-0.15, -0.1) is 0 Å². The van der Waals surface area contributed by atoms with Crippen molar-refractivity contribution in [2.45, 2.75) is 19.3 Å². The number of carbonyl (C=O) groups is 1. The fraction of sp³-hybridized carbons (Fsp3) is 0.500. The molecule has 0 aliphatic rings. The summed E-state index contributed by atoms with van der Waals surface area (Å²) in [6.07, 6.45) is -1.58. The first kappa shape index (κ1) is 9.13. The van der Waals surface area contributed by atoms with Crippen molar-refractivity contribution >= 4 is 5.97 Å². The van der Waals surface area contributed by atoms with E-state index in [9.17, 15) is 4.79 Å². The monoisotopic (exact) mass is 146 g/mol. The number of hydrogen-bond donors (Lipinski definition) is 2. The Balaban J connectivity index is 3.83. The molecular formula is C6H10O4. The Labute approximate surface area is 58.7 Å². The summed E-state index contributed by atoms with van der Waals surface area (Å²) in [4.78, 5) is 10.2. The molecule has 10 heavy (non-hydrogen) atoms. The van der Waals surface area contributed by atoms with E-state index >= 15 is 0 Å². The van der Waals surface area contributed by atoms with Crippen LogP contribution in [0.1, 0.15) is 6.92 Å². The third-order valence-corrected chi connectivity index (χ3v) is 0.828. The highest BCUT2D eigenvalue weighted by atomic mass is 16.6. The van der Waals surface area contributed by atoms with Crippen LogP contribution in [0.25, 0.3) is 0 Å². The van der Waals surface area contributed by atoms with E-state index in [1.807, 2.05) is 0 Å². The Morgan fingerprint density at radius 2 is 2.20 bits per heavy atom. The zero-order chi connectivity index (χ0) is 8.15. The van der Waals surface area contributed by atoms with E-state index in [1.54, 1.807) is 0 Å². The Morgan fingerprint density at radius 3 is 2.30 bits per heavy atom. The van der Waals surface area contributed by atoms with E-state index in [4.69, 9.17) is 10.2 Å². The highest BCUT2D eigenvalue weighted by Gasteiger charge is 2.14. The van der Waals surface area contributed by atoms with Crippen LogP contribution >= 0.6 is 0 Å². The first-order chi connectivity index (χ1) is 4.57. The number of rotatable bonds is 3. The van der Waals surface area contributed by atoms with E-state index in [1.165, 1.54) is 6.92 Å². The number of esters is 1. The van der Waals surface area contributed by atoms with Gasteiger partial charge in [0.2, 0.25) is 0 Å². The van der Waals surface area contributed by atoms with Crippen LogP contribution in [0.2, 0.25) is 0 Å². The fourth-order valence-electron chi connectivity index (χ4n) is 0.422. The summed E-state index contributed by atoms with van der Waals surface area (Å²) >= 11 is 0. The second kappa shape index (κ2) is 4.03. The lowest BCUT2D eigenvalue weighted by Crippen LogP contribution is -2.27. The van der Waals surface area contributed by atoms with Crippen LogP contribution < -0.4 is 0 Å². The minimum Gasteiger partial charge on any atom is -0.453 e. The molecule has 0 rings (SSSR count). The van der Waals surface area contributed by atoms with Crippen molar-refractivity contribution in [3.05, 3.63) is 12.7 Å². The van der Waals surface area contributed by atoms with E-state index in [-0.39, 0.29) is 0 Å². The summed E-state index contributed by atoms with van der Waals surface area (Å²) < 4.78 is 4.40. The Morgan fingerprint density at radius 1 is 1.70 bits per heavy atom. The topological polar surface area (TPSA) is 66.8 Å². The lowest BCUT2D eigenvalue weighted by atomic mass is 10.3. The van der Waals surface area contributed by atoms with Gasteiger partial charge in [0.1, 0.15) is 0 Å². The number of hydrogen-bond acceptors (Lipinski definition) is 4. The molecule has 0 spiro atoms. The molecule has 0 saturated heterocycles. The number of aliphatic hydroxyl groups excluding tert-OH is 1. The molecule has 1 atom stereocenters. The van der Waals surface area contributed by atoms with E-state index in [2.05, 4.69) is 11.3 Å². The maximum Gasteiger partial charge on any atom is 0.303 e. The van der Waals surface area contributed by atoms with Gasteiger partial charge in [-0.05, 0) is 6.08 Å². The van der Waals surface area contributed by atoms with Gasteiger partial charge in [0, 0.05) is 6.92 Å². The average Bonchev–Trinajstić information content (AvgIpc) is 1.81. The van der Waals surface area contributed by atoms with Gasteiger partial charge in [-0.3, -0.25) is 4.79 Å². The van der Waals surface area contributed by atoms with Gasteiger partial charge in [0.05, 0.1) is 0 Å². The zero-order valence-electron chi connectivity index (χ0n) is 5.65. The van der Waals surface area contributed by atoms with Crippen molar-refractivity contribution in [3.63, 3.8) is 0 Å². The largest absolute Gasteiger partial charge is 0.453 e. The smallest absolute Gasteiger partial charge is 0.303 e. The van der Waals surface area contributed by atoms with E-state index in [0.29, 0.717) is 0 Å². The maximum absolute atomic E-state index is 10.2. The quantitative estimate of drug-likeness (QED) is 0.317. The van der Waals surface area contributed by atoms with Crippen LogP contribution in [-0.2, 0) is 9.53 Å². The highest BCUT2D eigenvalue weighted by Crippen LogP contribution is 1.97. The predicted octanol–water partition coefficient (Wildman–Crippen LogP) is -0.585. The van der Waals surface area contributed by atoms with E-state index < -0.39 is 18.4 Å². The van der Waals surface area contributed by atoms with Crippen LogP contribution in [0.15, 0.2) is 12.7 Å². The molecule has 0 saturated carbocycles. The first-order valence-electron chi connectivity index (χ1n) is 2.74. The molecule has 4 heteroatoms. The number of ether oxygens (including phenoxy) is 1. The lowest BCUT2D eigenvalue weighted by molar-refractivity contribution is -0.164. The first-order valence-corrected chi connectivity index (χ1v) is 2.74.